The lowest BCUT2D eigenvalue weighted by Crippen LogP contribution is -2.34. The fraction of sp³-hybridized carbons (Fsp3) is 0.222. The molecule has 0 saturated heterocycles. The van der Waals surface area contributed by atoms with E-state index in [9.17, 15) is 27.2 Å². The second-order valence-corrected chi connectivity index (χ2v) is 5.77. The summed E-state index contributed by atoms with van der Waals surface area (Å²) in [6.45, 7) is 3.42. The Morgan fingerprint density at radius 2 is 1.10 bits per heavy atom. The Balaban J connectivity index is 2.02. The summed E-state index contributed by atoms with van der Waals surface area (Å²) in [6, 6.07) is 4.53. The van der Waals surface area contributed by atoms with Gasteiger partial charge in [0.05, 0.1) is 13.2 Å². The van der Waals surface area contributed by atoms with Crippen molar-refractivity contribution >= 4 is 37.2 Å². The Morgan fingerprint density at radius 1 is 0.724 bits per heavy atom. The van der Waals surface area contributed by atoms with Crippen LogP contribution in [0, 0.1) is 23.3 Å². The molecular formula is C18H16B2F4O5. The fourth-order valence-electron chi connectivity index (χ4n) is 2.46. The summed E-state index contributed by atoms with van der Waals surface area (Å²) < 4.78 is 69.9. The van der Waals surface area contributed by atoms with E-state index in [0.29, 0.717) is 0 Å². The van der Waals surface area contributed by atoms with Gasteiger partial charge in [-0.15, -0.1) is 0 Å². The summed E-state index contributed by atoms with van der Waals surface area (Å²) in [5.74, 6) is -8.13. The molecule has 0 amide bonds. The molecule has 0 spiro atoms. The van der Waals surface area contributed by atoms with E-state index in [2.05, 4.69) is 4.74 Å². The number of carbonyl (C=O) groups is 2. The topological polar surface area (TPSA) is 61.8 Å². The van der Waals surface area contributed by atoms with Crippen molar-refractivity contribution < 1.29 is 41.4 Å². The number of hydrogen-bond acceptors (Lipinski definition) is 5. The van der Waals surface area contributed by atoms with E-state index in [-0.39, 0.29) is 35.6 Å². The molecule has 2 aromatic rings. The molecule has 11 heteroatoms. The van der Waals surface area contributed by atoms with Gasteiger partial charge in [-0.05, 0) is 36.9 Å². The largest absolute Gasteiger partial charge is 0.491 e. The molecule has 2 aromatic carbocycles. The van der Waals surface area contributed by atoms with Gasteiger partial charge in [-0.3, -0.25) is 9.59 Å². The molecule has 0 radical (unpaired) electrons. The first-order chi connectivity index (χ1) is 13.8. The summed E-state index contributed by atoms with van der Waals surface area (Å²) >= 11 is 0. The summed E-state index contributed by atoms with van der Waals surface area (Å²) in [5, 5.41) is 0. The molecule has 0 N–H and O–H groups in total. The second kappa shape index (κ2) is 9.99. The highest BCUT2D eigenvalue weighted by Crippen LogP contribution is 2.19. The number of hydrogen-bond donors (Lipinski definition) is 0. The zero-order valence-electron chi connectivity index (χ0n) is 15.7. The van der Waals surface area contributed by atoms with Crippen LogP contribution in [0.3, 0.4) is 0 Å². The van der Waals surface area contributed by atoms with Crippen LogP contribution in [0.2, 0.25) is 0 Å². The highest BCUT2D eigenvalue weighted by Gasteiger charge is 2.23. The molecule has 0 aromatic heterocycles. The molecule has 0 aliphatic rings. The van der Waals surface area contributed by atoms with Crippen LogP contribution in [0.5, 0.6) is 11.5 Å². The molecular weight excluding hydrogens is 394 g/mol. The third kappa shape index (κ3) is 5.52. The minimum atomic E-state index is -1.31. The smallest absolute Gasteiger partial charge is 0.297 e. The number of ether oxygens (including phenoxy) is 3. The monoisotopic (exact) mass is 410 g/mol. The minimum absolute atomic E-state index is 0.120. The van der Waals surface area contributed by atoms with Crippen LogP contribution >= 0.6 is 0 Å². The van der Waals surface area contributed by atoms with E-state index >= 15 is 0 Å². The van der Waals surface area contributed by atoms with Gasteiger partial charge in [0.25, 0.3) is 26.3 Å². The van der Waals surface area contributed by atoms with Crippen molar-refractivity contribution in [2.75, 3.05) is 13.2 Å². The molecule has 0 saturated carbocycles. The number of carbonyl (C=O) groups excluding carboxylic acids is 2. The van der Waals surface area contributed by atoms with E-state index in [1.54, 1.807) is 13.8 Å². The molecule has 2 rings (SSSR count). The van der Waals surface area contributed by atoms with Gasteiger partial charge in [-0.1, -0.05) is 12.1 Å². The number of halogens is 4. The van der Waals surface area contributed by atoms with Crippen molar-refractivity contribution in [1.29, 1.82) is 0 Å². The Labute approximate surface area is 165 Å². The number of rotatable bonds is 8. The molecule has 5 nitrogen and oxygen atoms in total. The maximum absolute atomic E-state index is 14.0. The van der Waals surface area contributed by atoms with E-state index in [1.807, 2.05) is 0 Å². The van der Waals surface area contributed by atoms with Crippen molar-refractivity contribution in [1.82, 2.24) is 0 Å². The van der Waals surface area contributed by atoms with Crippen molar-refractivity contribution in [2.45, 2.75) is 13.8 Å². The third-order valence-corrected chi connectivity index (χ3v) is 3.75. The predicted octanol–water partition coefficient (Wildman–Crippen LogP) is 2.12. The Morgan fingerprint density at radius 3 is 1.45 bits per heavy atom. The zero-order chi connectivity index (χ0) is 21.6. The molecule has 0 aliphatic carbocycles. The summed E-state index contributed by atoms with van der Waals surface area (Å²) in [5.41, 5.74) is -0.691. The molecule has 0 fully saturated rings. The van der Waals surface area contributed by atoms with Crippen LogP contribution in [-0.2, 0) is 4.74 Å². The van der Waals surface area contributed by atoms with E-state index in [1.165, 1.54) is 0 Å². The average molecular weight is 410 g/mol. The molecule has 0 unspecified atom stereocenters. The van der Waals surface area contributed by atoms with E-state index in [0.717, 1.165) is 24.3 Å². The highest BCUT2D eigenvalue weighted by atomic mass is 19.2. The average Bonchev–Trinajstić information content (AvgIpc) is 2.67. The lowest BCUT2D eigenvalue weighted by atomic mass is 9.68. The van der Waals surface area contributed by atoms with Crippen molar-refractivity contribution in [3.63, 3.8) is 0 Å². The zero-order valence-corrected chi connectivity index (χ0v) is 15.7. The van der Waals surface area contributed by atoms with Gasteiger partial charge in [0, 0.05) is 0 Å². The quantitative estimate of drug-likeness (QED) is 0.379. The Bertz CT molecular complexity index is 850. The van der Waals surface area contributed by atoms with E-state index < -0.39 is 49.6 Å². The maximum atomic E-state index is 14.0. The Kier molecular flexibility index (Phi) is 7.69. The van der Waals surface area contributed by atoms with Gasteiger partial charge < -0.3 is 14.2 Å². The van der Waals surface area contributed by atoms with Gasteiger partial charge in [0.1, 0.15) is 0 Å². The SMILES string of the molecule is CCOc1ccc(BC(=O)OC(=O)Bc2ccc(OCC)c(F)c2F)c(F)c1F. The van der Waals surface area contributed by atoms with Gasteiger partial charge in [-0.2, -0.15) is 8.78 Å². The van der Waals surface area contributed by atoms with Crippen molar-refractivity contribution in [3.8, 4) is 11.5 Å². The van der Waals surface area contributed by atoms with Crippen molar-refractivity contribution in [3.05, 3.63) is 47.5 Å². The van der Waals surface area contributed by atoms with Crippen LogP contribution in [0.1, 0.15) is 13.8 Å². The lowest BCUT2D eigenvalue weighted by molar-refractivity contribution is 0.184. The summed E-state index contributed by atoms with van der Waals surface area (Å²) in [6.07, 6.45) is 0. The molecule has 0 heterocycles. The molecule has 29 heavy (non-hydrogen) atoms. The fourth-order valence-corrected chi connectivity index (χ4v) is 2.46. The van der Waals surface area contributed by atoms with Crippen LogP contribution in [0.4, 0.5) is 27.2 Å². The predicted molar refractivity (Wildman–Crippen MR) is 100 cm³/mol. The first kappa shape index (κ1) is 22.3. The lowest BCUT2D eigenvalue weighted by Gasteiger charge is -2.09. The maximum Gasteiger partial charge on any atom is 0.297 e. The minimum Gasteiger partial charge on any atom is -0.491 e. The van der Waals surface area contributed by atoms with Gasteiger partial charge in [-0.25, -0.2) is 8.78 Å². The van der Waals surface area contributed by atoms with Crippen LogP contribution in [0.15, 0.2) is 24.3 Å². The standard InChI is InChI=1S/C18H16B2F4O5/c1-3-27-11-7-5-9(13(21)15(11)23)19-17(25)29-18(26)20-10-6-8-12(28-4-2)16(24)14(10)22/h5-8,19-20H,3-4H2,1-2H3. The van der Waals surface area contributed by atoms with Crippen molar-refractivity contribution in [2.24, 2.45) is 0 Å². The Hall–Kier alpha value is -2.97. The van der Waals surface area contributed by atoms with Gasteiger partial charge in [0.2, 0.25) is 0 Å². The first-order valence-corrected chi connectivity index (χ1v) is 8.71. The molecule has 0 aliphatic heterocycles. The first-order valence-electron chi connectivity index (χ1n) is 8.71. The van der Waals surface area contributed by atoms with Crippen LogP contribution in [0.25, 0.3) is 0 Å². The second-order valence-electron chi connectivity index (χ2n) is 5.77. The third-order valence-electron chi connectivity index (χ3n) is 3.75. The summed E-state index contributed by atoms with van der Waals surface area (Å²) in [7, 11) is -1.47. The van der Waals surface area contributed by atoms with Crippen LogP contribution < -0.4 is 20.4 Å². The summed E-state index contributed by atoms with van der Waals surface area (Å²) in [4.78, 5) is 23.7. The molecule has 152 valence electrons. The molecule has 0 bridgehead atoms. The van der Waals surface area contributed by atoms with Crippen LogP contribution in [-0.4, -0.2) is 39.5 Å². The number of benzene rings is 2. The van der Waals surface area contributed by atoms with Gasteiger partial charge in [0.15, 0.2) is 34.8 Å². The normalized spacial score (nSPS) is 10.3. The highest BCUT2D eigenvalue weighted by molar-refractivity contribution is 6.87. The van der Waals surface area contributed by atoms with E-state index in [4.69, 9.17) is 9.47 Å². The molecule has 0 atom stereocenters. The van der Waals surface area contributed by atoms with Gasteiger partial charge >= 0.3 is 0 Å².